The SMILES string of the molecule is CSCCCCN1C(=O)C(CC(C)C)NC1C1CCCC1. The van der Waals surface area contributed by atoms with Crippen molar-refractivity contribution in [3.8, 4) is 0 Å². The second-order valence-electron chi connectivity index (χ2n) is 7.07. The molecule has 21 heavy (non-hydrogen) atoms. The minimum absolute atomic E-state index is 0.0659. The molecular weight excluding hydrogens is 280 g/mol. The smallest absolute Gasteiger partial charge is 0.241 e. The fourth-order valence-corrected chi connectivity index (χ4v) is 4.28. The van der Waals surface area contributed by atoms with Gasteiger partial charge in [-0.1, -0.05) is 26.7 Å². The second-order valence-corrected chi connectivity index (χ2v) is 8.06. The maximum absolute atomic E-state index is 12.7. The highest BCUT2D eigenvalue weighted by Crippen LogP contribution is 2.33. The van der Waals surface area contributed by atoms with E-state index in [9.17, 15) is 4.79 Å². The number of thioether (sulfide) groups is 1. The van der Waals surface area contributed by atoms with Crippen molar-refractivity contribution in [2.75, 3.05) is 18.6 Å². The van der Waals surface area contributed by atoms with Crippen LogP contribution in [0.4, 0.5) is 0 Å². The number of hydrogen-bond donors (Lipinski definition) is 1. The van der Waals surface area contributed by atoms with Crippen molar-refractivity contribution < 1.29 is 4.79 Å². The van der Waals surface area contributed by atoms with E-state index in [2.05, 4.69) is 30.3 Å². The van der Waals surface area contributed by atoms with Crippen molar-refractivity contribution in [3.63, 3.8) is 0 Å². The molecule has 2 unspecified atom stereocenters. The molecule has 0 aromatic carbocycles. The van der Waals surface area contributed by atoms with Gasteiger partial charge in [0.1, 0.15) is 0 Å². The Hall–Kier alpha value is -0.220. The van der Waals surface area contributed by atoms with E-state index in [1.807, 2.05) is 11.8 Å². The molecule has 2 atom stereocenters. The van der Waals surface area contributed by atoms with Gasteiger partial charge in [0.15, 0.2) is 0 Å². The van der Waals surface area contributed by atoms with Crippen LogP contribution in [0.2, 0.25) is 0 Å². The largest absolute Gasteiger partial charge is 0.326 e. The first-order valence-electron chi connectivity index (χ1n) is 8.69. The number of nitrogens with zero attached hydrogens (tertiary/aromatic N) is 1. The molecule has 1 saturated carbocycles. The molecule has 1 amide bonds. The van der Waals surface area contributed by atoms with Crippen LogP contribution in [0.1, 0.15) is 58.8 Å². The van der Waals surface area contributed by atoms with E-state index in [4.69, 9.17) is 0 Å². The molecular formula is C17H32N2OS. The Morgan fingerprint density at radius 2 is 2.00 bits per heavy atom. The third kappa shape index (κ3) is 4.62. The molecule has 1 saturated heterocycles. The molecule has 2 aliphatic rings. The van der Waals surface area contributed by atoms with Gasteiger partial charge in [0.2, 0.25) is 5.91 Å². The number of carbonyl (C=O) groups excluding carboxylic acids is 1. The highest BCUT2D eigenvalue weighted by atomic mass is 32.2. The standard InChI is InChI=1S/C17H32N2OS/c1-13(2)12-15-17(20)19(10-6-7-11-21-3)16(18-15)14-8-4-5-9-14/h13-16,18H,4-12H2,1-3H3. The number of carbonyl (C=O) groups is 1. The lowest BCUT2D eigenvalue weighted by Crippen LogP contribution is -2.43. The van der Waals surface area contributed by atoms with E-state index in [0.717, 1.165) is 19.4 Å². The molecule has 4 heteroatoms. The second kappa shape index (κ2) is 8.42. The van der Waals surface area contributed by atoms with Crippen molar-refractivity contribution in [1.29, 1.82) is 0 Å². The number of rotatable bonds is 8. The van der Waals surface area contributed by atoms with E-state index in [-0.39, 0.29) is 6.04 Å². The van der Waals surface area contributed by atoms with Gasteiger partial charge in [-0.05, 0) is 55.9 Å². The molecule has 2 rings (SSSR count). The summed E-state index contributed by atoms with van der Waals surface area (Å²) >= 11 is 1.90. The van der Waals surface area contributed by atoms with E-state index >= 15 is 0 Å². The van der Waals surface area contributed by atoms with Crippen molar-refractivity contribution in [3.05, 3.63) is 0 Å². The zero-order chi connectivity index (χ0) is 15.2. The summed E-state index contributed by atoms with van der Waals surface area (Å²) in [5.74, 6) is 2.84. The quantitative estimate of drug-likeness (QED) is 0.696. The fraction of sp³-hybridized carbons (Fsp3) is 0.941. The molecule has 0 radical (unpaired) electrons. The van der Waals surface area contributed by atoms with Crippen LogP contribution < -0.4 is 5.32 Å². The lowest BCUT2D eigenvalue weighted by Gasteiger charge is -2.29. The Kier molecular flexibility index (Phi) is 6.87. The predicted molar refractivity (Wildman–Crippen MR) is 91.5 cm³/mol. The van der Waals surface area contributed by atoms with E-state index in [1.54, 1.807) is 0 Å². The van der Waals surface area contributed by atoms with Gasteiger partial charge >= 0.3 is 0 Å². The van der Waals surface area contributed by atoms with E-state index in [1.165, 1.54) is 37.9 Å². The summed E-state index contributed by atoms with van der Waals surface area (Å²) in [5, 5.41) is 3.68. The van der Waals surface area contributed by atoms with Crippen LogP contribution in [0, 0.1) is 11.8 Å². The van der Waals surface area contributed by atoms with E-state index in [0.29, 0.717) is 23.9 Å². The highest BCUT2D eigenvalue weighted by molar-refractivity contribution is 7.98. The highest BCUT2D eigenvalue weighted by Gasteiger charge is 2.42. The topological polar surface area (TPSA) is 32.3 Å². The third-order valence-electron chi connectivity index (χ3n) is 4.84. The van der Waals surface area contributed by atoms with Crippen molar-refractivity contribution in [2.24, 2.45) is 11.8 Å². The summed E-state index contributed by atoms with van der Waals surface area (Å²) in [6.07, 6.45) is 11.1. The van der Waals surface area contributed by atoms with Crippen molar-refractivity contribution in [2.45, 2.75) is 71.0 Å². The van der Waals surface area contributed by atoms with Crippen molar-refractivity contribution >= 4 is 17.7 Å². The van der Waals surface area contributed by atoms with Gasteiger partial charge in [-0.25, -0.2) is 0 Å². The molecule has 0 bridgehead atoms. The van der Waals surface area contributed by atoms with Gasteiger partial charge < -0.3 is 4.90 Å². The van der Waals surface area contributed by atoms with Crippen LogP contribution in [0.3, 0.4) is 0 Å². The lowest BCUT2D eigenvalue weighted by molar-refractivity contribution is -0.131. The average molecular weight is 313 g/mol. The number of nitrogens with one attached hydrogen (secondary N) is 1. The first kappa shape index (κ1) is 17.1. The zero-order valence-electron chi connectivity index (χ0n) is 13.9. The Morgan fingerprint density at radius 3 is 2.62 bits per heavy atom. The van der Waals surface area contributed by atoms with Crippen LogP contribution in [-0.4, -0.2) is 41.6 Å². The first-order valence-corrected chi connectivity index (χ1v) is 10.1. The normalized spacial score (nSPS) is 27.2. The maximum Gasteiger partial charge on any atom is 0.241 e. The van der Waals surface area contributed by atoms with Gasteiger partial charge in [0, 0.05) is 6.54 Å². The fourth-order valence-electron chi connectivity index (χ4n) is 3.79. The summed E-state index contributed by atoms with van der Waals surface area (Å²) in [7, 11) is 0. The zero-order valence-corrected chi connectivity index (χ0v) is 14.8. The molecule has 0 aromatic heterocycles. The average Bonchev–Trinajstić information content (AvgIpc) is 3.05. The molecule has 3 nitrogen and oxygen atoms in total. The Labute approximate surface area is 134 Å². The minimum atomic E-state index is 0.0659. The van der Waals surface area contributed by atoms with Gasteiger partial charge in [-0.3, -0.25) is 10.1 Å². The molecule has 1 aliphatic heterocycles. The number of unbranched alkanes of at least 4 members (excludes halogenated alkanes) is 1. The Bertz CT molecular complexity index is 329. The molecule has 1 aliphatic carbocycles. The van der Waals surface area contributed by atoms with Crippen LogP contribution >= 0.6 is 11.8 Å². The molecule has 122 valence electrons. The van der Waals surface area contributed by atoms with Crippen molar-refractivity contribution in [1.82, 2.24) is 10.2 Å². The van der Waals surface area contributed by atoms with Crippen LogP contribution in [0.25, 0.3) is 0 Å². The van der Waals surface area contributed by atoms with Gasteiger partial charge in [-0.15, -0.1) is 0 Å². The van der Waals surface area contributed by atoms with Crippen LogP contribution in [0.5, 0.6) is 0 Å². The Balaban J connectivity index is 1.95. The summed E-state index contributed by atoms with van der Waals surface area (Å²) in [4.78, 5) is 14.9. The summed E-state index contributed by atoms with van der Waals surface area (Å²) in [5.41, 5.74) is 0. The Morgan fingerprint density at radius 1 is 1.29 bits per heavy atom. The van der Waals surface area contributed by atoms with Gasteiger partial charge in [-0.2, -0.15) is 11.8 Å². The molecule has 0 aromatic rings. The molecule has 2 fully saturated rings. The van der Waals surface area contributed by atoms with Crippen LogP contribution in [-0.2, 0) is 4.79 Å². The predicted octanol–water partition coefficient (Wildman–Crippen LogP) is 3.49. The van der Waals surface area contributed by atoms with Crippen LogP contribution in [0.15, 0.2) is 0 Å². The van der Waals surface area contributed by atoms with Gasteiger partial charge in [0.25, 0.3) is 0 Å². The van der Waals surface area contributed by atoms with Gasteiger partial charge in [0.05, 0.1) is 12.2 Å². The monoisotopic (exact) mass is 312 g/mol. The first-order chi connectivity index (χ1) is 10.1. The maximum atomic E-state index is 12.7. The number of hydrogen-bond acceptors (Lipinski definition) is 3. The summed E-state index contributed by atoms with van der Waals surface area (Å²) < 4.78 is 0. The molecule has 0 spiro atoms. The molecule has 1 N–H and O–H groups in total. The minimum Gasteiger partial charge on any atom is -0.326 e. The van der Waals surface area contributed by atoms with E-state index < -0.39 is 0 Å². The lowest BCUT2D eigenvalue weighted by atomic mass is 10.0. The summed E-state index contributed by atoms with van der Waals surface area (Å²) in [6.45, 7) is 5.36. The third-order valence-corrected chi connectivity index (χ3v) is 5.54. The molecule has 1 heterocycles. The number of amides is 1. The summed E-state index contributed by atoms with van der Waals surface area (Å²) in [6, 6.07) is 0.0659.